The van der Waals surface area contributed by atoms with E-state index in [9.17, 15) is 4.79 Å². The minimum absolute atomic E-state index is 0. The first-order chi connectivity index (χ1) is 4.12. The van der Waals surface area contributed by atoms with E-state index in [1.807, 2.05) is 0 Å². The molecule has 0 spiro atoms. The van der Waals surface area contributed by atoms with Crippen LogP contribution in [-0.2, 0) is 4.79 Å². The van der Waals surface area contributed by atoms with Crippen LogP contribution in [0.15, 0.2) is 0 Å². The van der Waals surface area contributed by atoms with Gasteiger partial charge in [0.15, 0.2) is 0 Å². The van der Waals surface area contributed by atoms with Crippen molar-refractivity contribution in [1.82, 2.24) is 0 Å². The zero-order valence-corrected chi connectivity index (χ0v) is 7.17. The Bertz CT molecular complexity index is 134. The van der Waals surface area contributed by atoms with Crippen LogP contribution in [-0.4, -0.2) is 10.8 Å². The standard InChI is InChI=1S/C6H10ClNO.ClH/c7-5(9)4-6(8)2-1-3-6;/h1-4,8H2;1H. The average molecular weight is 184 g/mol. The second kappa shape index (κ2) is 3.56. The van der Waals surface area contributed by atoms with Crippen molar-refractivity contribution in [3.63, 3.8) is 0 Å². The van der Waals surface area contributed by atoms with Crippen molar-refractivity contribution in [3.05, 3.63) is 0 Å². The van der Waals surface area contributed by atoms with E-state index in [4.69, 9.17) is 17.3 Å². The van der Waals surface area contributed by atoms with Crippen LogP contribution >= 0.6 is 24.0 Å². The van der Waals surface area contributed by atoms with Crippen molar-refractivity contribution in [1.29, 1.82) is 0 Å². The zero-order chi connectivity index (χ0) is 6.91. The van der Waals surface area contributed by atoms with Crippen molar-refractivity contribution in [3.8, 4) is 0 Å². The molecular formula is C6H11Cl2NO. The summed E-state index contributed by atoms with van der Waals surface area (Å²) < 4.78 is 0. The van der Waals surface area contributed by atoms with Gasteiger partial charge in [0.1, 0.15) is 0 Å². The van der Waals surface area contributed by atoms with Crippen LogP contribution in [0.1, 0.15) is 25.7 Å². The van der Waals surface area contributed by atoms with E-state index in [1.165, 1.54) is 0 Å². The van der Waals surface area contributed by atoms with Gasteiger partial charge < -0.3 is 5.73 Å². The molecule has 0 bridgehead atoms. The van der Waals surface area contributed by atoms with Crippen LogP contribution in [0, 0.1) is 0 Å². The summed E-state index contributed by atoms with van der Waals surface area (Å²) >= 11 is 5.16. The van der Waals surface area contributed by atoms with Gasteiger partial charge in [0.05, 0.1) is 0 Å². The highest BCUT2D eigenvalue weighted by Gasteiger charge is 2.33. The molecule has 1 aliphatic rings. The van der Waals surface area contributed by atoms with Gasteiger partial charge >= 0.3 is 0 Å². The molecule has 1 fully saturated rings. The van der Waals surface area contributed by atoms with Gasteiger partial charge in [-0.25, -0.2) is 0 Å². The molecule has 0 radical (unpaired) electrons. The number of nitrogens with two attached hydrogens (primary N) is 1. The fourth-order valence-electron chi connectivity index (χ4n) is 1.08. The Morgan fingerprint density at radius 1 is 1.60 bits per heavy atom. The molecule has 0 aromatic carbocycles. The highest BCUT2D eigenvalue weighted by Crippen LogP contribution is 2.32. The van der Waals surface area contributed by atoms with Crippen LogP contribution in [0.25, 0.3) is 0 Å². The molecule has 0 unspecified atom stereocenters. The van der Waals surface area contributed by atoms with Crippen LogP contribution in [0.3, 0.4) is 0 Å². The maximum Gasteiger partial charge on any atom is 0.223 e. The average Bonchev–Trinajstić information content (AvgIpc) is 1.60. The highest BCUT2D eigenvalue weighted by atomic mass is 35.5. The number of carbonyl (C=O) groups excluding carboxylic acids is 1. The van der Waals surface area contributed by atoms with Crippen molar-refractivity contribution in [2.24, 2.45) is 5.73 Å². The van der Waals surface area contributed by atoms with E-state index in [2.05, 4.69) is 0 Å². The lowest BCUT2D eigenvalue weighted by Gasteiger charge is -2.36. The SMILES string of the molecule is Cl.NC1(CC(=O)Cl)CCC1. The van der Waals surface area contributed by atoms with Gasteiger partial charge in [-0.2, -0.15) is 0 Å². The Labute approximate surface area is 71.5 Å². The zero-order valence-electron chi connectivity index (χ0n) is 5.60. The molecule has 0 aromatic rings. The summed E-state index contributed by atoms with van der Waals surface area (Å²) in [5.41, 5.74) is 5.46. The van der Waals surface area contributed by atoms with Gasteiger partial charge in [0.25, 0.3) is 0 Å². The van der Waals surface area contributed by atoms with E-state index >= 15 is 0 Å². The Morgan fingerprint density at radius 2 is 2.10 bits per heavy atom. The smallest absolute Gasteiger partial charge is 0.223 e. The fraction of sp³-hybridized carbons (Fsp3) is 0.833. The van der Waals surface area contributed by atoms with Gasteiger partial charge in [-0.3, -0.25) is 4.79 Å². The minimum atomic E-state index is -0.308. The van der Waals surface area contributed by atoms with E-state index in [1.54, 1.807) is 0 Å². The summed E-state index contributed by atoms with van der Waals surface area (Å²) in [6.45, 7) is 0. The summed E-state index contributed by atoms with van der Waals surface area (Å²) in [5, 5.41) is -0.308. The van der Waals surface area contributed by atoms with Crippen molar-refractivity contribution in [2.75, 3.05) is 0 Å². The summed E-state index contributed by atoms with van der Waals surface area (Å²) in [4.78, 5) is 10.3. The summed E-state index contributed by atoms with van der Waals surface area (Å²) in [5.74, 6) is 0. The third-order valence-corrected chi connectivity index (χ3v) is 1.97. The van der Waals surface area contributed by atoms with Gasteiger partial charge in [-0.05, 0) is 30.9 Å². The Morgan fingerprint density at radius 3 is 2.20 bits per heavy atom. The summed E-state index contributed by atoms with van der Waals surface area (Å²) in [6.07, 6.45) is 3.38. The Kier molecular flexibility index (Phi) is 3.63. The quantitative estimate of drug-likeness (QED) is 0.660. The molecule has 2 nitrogen and oxygen atoms in total. The number of halogens is 2. The first kappa shape index (κ1) is 10.2. The third-order valence-electron chi connectivity index (χ3n) is 1.84. The first-order valence-electron chi connectivity index (χ1n) is 3.10. The number of rotatable bonds is 2. The molecule has 4 heteroatoms. The van der Waals surface area contributed by atoms with Crippen molar-refractivity contribution in [2.45, 2.75) is 31.2 Å². The molecule has 1 aliphatic carbocycles. The molecule has 1 saturated carbocycles. The van der Waals surface area contributed by atoms with Gasteiger partial charge in [0.2, 0.25) is 5.24 Å². The van der Waals surface area contributed by atoms with Gasteiger partial charge in [-0.1, -0.05) is 0 Å². The molecule has 1 rings (SSSR count). The highest BCUT2D eigenvalue weighted by molar-refractivity contribution is 6.63. The lowest BCUT2D eigenvalue weighted by Crippen LogP contribution is -2.47. The molecule has 2 N–H and O–H groups in total. The first-order valence-corrected chi connectivity index (χ1v) is 3.47. The van der Waals surface area contributed by atoms with Crippen molar-refractivity contribution >= 4 is 29.3 Å². The van der Waals surface area contributed by atoms with Crippen molar-refractivity contribution < 1.29 is 4.79 Å². The molecule has 0 aromatic heterocycles. The maximum atomic E-state index is 10.3. The maximum absolute atomic E-state index is 10.3. The van der Waals surface area contributed by atoms with Crippen LogP contribution in [0.2, 0.25) is 0 Å². The van der Waals surface area contributed by atoms with Gasteiger partial charge in [0, 0.05) is 12.0 Å². The third kappa shape index (κ3) is 2.45. The van der Waals surface area contributed by atoms with Crippen LogP contribution in [0.4, 0.5) is 0 Å². The lowest BCUT2D eigenvalue weighted by atomic mass is 9.76. The molecule has 0 aliphatic heterocycles. The normalized spacial score (nSPS) is 20.6. The molecular weight excluding hydrogens is 173 g/mol. The van der Waals surface area contributed by atoms with E-state index < -0.39 is 0 Å². The monoisotopic (exact) mass is 183 g/mol. The molecule has 0 saturated heterocycles. The van der Waals surface area contributed by atoms with E-state index in [0.29, 0.717) is 6.42 Å². The van der Waals surface area contributed by atoms with E-state index in [-0.39, 0.29) is 23.2 Å². The number of hydrogen-bond donors (Lipinski definition) is 1. The van der Waals surface area contributed by atoms with Crippen LogP contribution < -0.4 is 5.73 Å². The molecule has 0 atom stereocenters. The molecule has 10 heavy (non-hydrogen) atoms. The topological polar surface area (TPSA) is 43.1 Å². The summed E-state index contributed by atoms with van der Waals surface area (Å²) in [7, 11) is 0. The van der Waals surface area contributed by atoms with Gasteiger partial charge in [-0.15, -0.1) is 12.4 Å². The molecule has 0 amide bonds. The Hall–Kier alpha value is 0.210. The Balaban J connectivity index is 0.000000810. The second-order valence-electron chi connectivity index (χ2n) is 2.75. The predicted octanol–water partition coefficient (Wildman–Crippen LogP) is 1.45. The molecule has 60 valence electrons. The fourth-order valence-corrected chi connectivity index (χ4v) is 1.35. The van der Waals surface area contributed by atoms with Crippen LogP contribution in [0.5, 0.6) is 0 Å². The second-order valence-corrected chi connectivity index (χ2v) is 3.17. The largest absolute Gasteiger partial charge is 0.325 e. The minimum Gasteiger partial charge on any atom is -0.325 e. The summed E-state index contributed by atoms with van der Waals surface area (Å²) in [6, 6.07) is 0. The number of hydrogen-bond acceptors (Lipinski definition) is 2. The lowest BCUT2D eigenvalue weighted by molar-refractivity contribution is -0.113. The molecule has 0 heterocycles. The number of carbonyl (C=O) groups is 1. The predicted molar refractivity (Wildman–Crippen MR) is 43.5 cm³/mol. The van der Waals surface area contributed by atoms with E-state index in [0.717, 1.165) is 19.3 Å².